The second-order valence-electron chi connectivity index (χ2n) is 19.8. The van der Waals surface area contributed by atoms with E-state index in [0.717, 1.165) is 107 Å². The van der Waals surface area contributed by atoms with E-state index in [0.29, 0.717) is 0 Å². The summed E-state index contributed by atoms with van der Waals surface area (Å²) in [6, 6.07) is 77.7. The second kappa shape index (κ2) is 25.6. The number of ether oxygens (including phenoxy) is 4. The molecule has 8 aromatic carbocycles. The van der Waals surface area contributed by atoms with Crippen molar-refractivity contribution in [1.82, 2.24) is 34.1 Å². The molecule has 7 heterocycles. The first kappa shape index (κ1) is 56.8. The largest absolute Gasteiger partial charge is 0.496 e. The first-order valence-electron chi connectivity index (χ1n) is 27.4. The van der Waals surface area contributed by atoms with Gasteiger partial charge in [0.1, 0.15) is 56.8 Å². The monoisotopic (exact) mass is 1350 g/mol. The SMILES string of the molecule is C.COc1ccnc2c1ccc1c(OC)ccnc12.Ic1cccc(Oc2cccc(I)c2)c1.c1cc(Oc2cccc(-n3c4ccccc4c4cccnc43)c2)cc(-n2c3ccccc3c3cccnc32)c1.c1ccc2c(c1)Cc1ncccc1-2. The summed E-state index contributed by atoms with van der Waals surface area (Å²) in [5, 5.41) is 6.53. The van der Waals surface area contributed by atoms with E-state index in [2.05, 4.69) is 185 Å². The van der Waals surface area contributed by atoms with E-state index >= 15 is 0 Å². The molecule has 1 aliphatic rings. The lowest BCUT2D eigenvalue weighted by Crippen LogP contribution is -1.97. The highest BCUT2D eigenvalue weighted by molar-refractivity contribution is 14.1. The highest BCUT2D eigenvalue weighted by Gasteiger charge is 2.19. The third kappa shape index (κ3) is 11.6. The molecule has 15 aromatic rings. The molecule has 0 fully saturated rings. The van der Waals surface area contributed by atoms with E-state index in [-0.39, 0.29) is 7.43 Å². The standard InChI is InChI=1S/C34H22N4O.C14H12N2O2.C12H8I2O.C12H9N.CH4/c1-3-17-31-27(13-1)29-15-7-19-35-33(29)37(31)23-9-5-11-25(21-23)39-26-12-6-10-24(22-26)38-32-18-4-2-14-28(32)30-16-8-20-36-34(30)38;1-17-11-5-7-15-13-9(11)3-4-10-12(18-2)6-8-16-14(10)13;13-9-3-1-5-11(7-9)15-12-6-2-4-10(14)8-12;1-2-5-10-9(4-1)8-12-11(10)6-3-7-13-12;/h1-22H;3-8H,1-2H3;1-8H;1-7H,8H2;1H4. The predicted octanol–water partition coefficient (Wildman–Crippen LogP) is 19.2. The van der Waals surface area contributed by atoms with Crippen molar-refractivity contribution in [2.45, 2.75) is 13.8 Å². The molecule has 0 saturated carbocycles. The average molecular weight is 1350 g/mol. The quantitative estimate of drug-likeness (QED) is 0.108. The van der Waals surface area contributed by atoms with Crippen LogP contribution in [0.5, 0.6) is 34.5 Å². The van der Waals surface area contributed by atoms with Gasteiger partial charge in [-0.25, -0.2) is 9.97 Å². The lowest BCUT2D eigenvalue weighted by molar-refractivity contribution is 0.419. The summed E-state index contributed by atoms with van der Waals surface area (Å²) < 4.78 is 29.6. The van der Waals surface area contributed by atoms with Crippen molar-refractivity contribution in [2.75, 3.05) is 14.2 Å². The Hall–Kier alpha value is -9.71. The summed E-state index contributed by atoms with van der Waals surface area (Å²) in [7, 11) is 3.30. The zero-order valence-corrected chi connectivity index (χ0v) is 50.4. The summed E-state index contributed by atoms with van der Waals surface area (Å²) in [6.07, 6.45) is 9.99. The van der Waals surface area contributed by atoms with Crippen molar-refractivity contribution in [3.05, 3.63) is 280 Å². The Labute approximate surface area is 524 Å². The van der Waals surface area contributed by atoms with Crippen molar-refractivity contribution in [1.29, 1.82) is 0 Å². The van der Waals surface area contributed by atoms with Gasteiger partial charge in [-0.15, -0.1) is 0 Å². The molecule has 13 heteroatoms. The fraction of sp³-hybridized carbons (Fsp3) is 0.0548. The van der Waals surface area contributed by atoms with Crippen LogP contribution in [0, 0.1) is 7.14 Å². The third-order valence-electron chi connectivity index (χ3n) is 14.6. The number of hydrogen-bond donors (Lipinski definition) is 0. The highest BCUT2D eigenvalue weighted by Crippen LogP contribution is 2.38. The Morgan fingerprint density at radius 1 is 0.360 bits per heavy atom. The summed E-state index contributed by atoms with van der Waals surface area (Å²) >= 11 is 4.55. The molecule has 0 N–H and O–H groups in total. The number of halogens is 2. The molecule has 0 atom stereocenters. The molecule has 0 aliphatic heterocycles. The molecule has 0 bridgehead atoms. The van der Waals surface area contributed by atoms with Gasteiger partial charge in [-0.1, -0.05) is 98.4 Å². The molecule has 0 unspecified atom stereocenters. The van der Waals surface area contributed by atoms with Crippen LogP contribution in [0.15, 0.2) is 262 Å². The molecule has 11 nitrogen and oxygen atoms in total. The molecule has 16 rings (SSSR count). The molecule has 1 aliphatic carbocycles. The van der Waals surface area contributed by atoms with Gasteiger partial charge in [-0.05, 0) is 184 Å². The van der Waals surface area contributed by atoms with Crippen molar-refractivity contribution in [3.8, 4) is 57.0 Å². The zero-order chi connectivity index (χ0) is 57.6. The van der Waals surface area contributed by atoms with Gasteiger partial charge in [-0.2, -0.15) is 0 Å². The van der Waals surface area contributed by atoms with Gasteiger partial charge >= 0.3 is 0 Å². The molecule has 0 amide bonds. The lowest BCUT2D eigenvalue weighted by Gasteiger charge is -2.12. The van der Waals surface area contributed by atoms with Crippen LogP contribution < -0.4 is 18.9 Å². The van der Waals surface area contributed by atoms with Gasteiger partial charge < -0.3 is 18.9 Å². The van der Waals surface area contributed by atoms with E-state index < -0.39 is 0 Å². The van der Waals surface area contributed by atoms with Crippen LogP contribution in [-0.2, 0) is 6.42 Å². The molecule has 0 saturated heterocycles. The summed E-state index contributed by atoms with van der Waals surface area (Å²) in [5.74, 6) is 4.87. The first-order valence-corrected chi connectivity index (χ1v) is 29.6. The van der Waals surface area contributed by atoms with Crippen molar-refractivity contribution in [3.63, 3.8) is 0 Å². The van der Waals surface area contributed by atoms with Gasteiger partial charge in [0, 0.05) is 94.6 Å². The smallest absolute Gasteiger partial charge is 0.145 e. The van der Waals surface area contributed by atoms with Crippen LogP contribution in [0.1, 0.15) is 18.7 Å². The number of benzene rings is 8. The second-order valence-corrected chi connectivity index (χ2v) is 22.3. The van der Waals surface area contributed by atoms with Crippen LogP contribution in [0.2, 0.25) is 0 Å². The first-order chi connectivity index (χ1) is 41.9. The van der Waals surface area contributed by atoms with Crippen LogP contribution in [0.4, 0.5) is 0 Å². The maximum Gasteiger partial charge on any atom is 0.145 e. The predicted molar refractivity (Wildman–Crippen MR) is 365 cm³/mol. The summed E-state index contributed by atoms with van der Waals surface area (Å²) in [5.41, 5.74) is 13.0. The summed E-state index contributed by atoms with van der Waals surface area (Å²) in [6.45, 7) is 0. The van der Waals surface area contributed by atoms with Gasteiger partial charge in [-0.3, -0.25) is 24.1 Å². The Kier molecular flexibility index (Phi) is 16.9. The minimum Gasteiger partial charge on any atom is -0.496 e. The zero-order valence-electron chi connectivity index (χ0n) is 46.1. The molecular weight excluding hydrogens is 1290 g/mol. The number of nitrogens with zero attached hydrogens (tertiary/aromatic N) is 7. The maximum absolute atomic E-state index is 6.44. The van der Waals surface area contributed by atoms with Gasteiger partial charge in [0.25, 0.3) is 0 Å². The molecule has 86 heavy (non-hydrogen) atoms. The molecule has 420 valence electrons. The Morgan fingerprint density at radius 3 is 1.30 bits per heavy atom. The number of methoxy groups -OCH3 is 2. The fourth-order valence-corrected chi connectivity index (χ4v) is 11.9. The third-order valence-corrected chi connectivity index (χ3v) is 16.0. The van der Waals surface area contributed by atoms with Crippen LogP contribution in [0.3, 0.4) is 0 Å². The van der Waals surface area contributed by atoms with Crippen LogP contribution in [0.25, 0.3) is 88.2 Å². The van der Waals surface area contributed by atoms with E-state index in [1.807, 2.05) is 134 Å². The number of aromatic nitrogens is 7. The average Bonchev–Trinajstić information content (AvgIpc) is 2.06. The van der Waals surface area contributed by atoms with Crippen LogP contribution >= 0.6 is 45.2 Å². The fourth-order valence-electron chi connectivity index (χ4n) is 10.9. The van der Waals surface area contributed by atoms with Gasteiger partial charge in [0.2, 0.25) is 0 Å². The van der Waals surface area contributed by atoms with E-state index in [1.54, 1.807) is 26.6 Å². The highest BCUT2D eigenvalue weighted by atomic mass is 127. The number of para-hydroxylation sites is 2. The molecule has 0 radical (unpaired) electrons. The minimum absolute atomic E-state index is 0. The van der Waals surface area contributed by atoms with E-state index in [9.17, 15) is 0 Å². The molecular formula is C73H55I2N7O4. The van der Waals surface area contributed by atoms with E-state index in [1.165, 1.54) is 40.3 Å². The van der Waals surface area contributed by atoms with Gasteiger partial charge in [0.15, 0.2) is 0 Å². The molecule has 0 spiro atoms. The minimum atomic E-state index is 0. The Bertz CT molecular complexity index is 4520. The van der Waals surface area contributed by atoms with Gasteiger partial charge in [0.05, 0.1) is 42.3 Å². The summed E-state index contributed by atoms with van der Waals surface area (Å²) in [4.78, 5) is 22.6. The normalized spacial score (nSPS) is 11.1. The number of fused-ring (bicyclic) bond motifs is 12. The topological polar surface area (TPSA) is 111 Å². The van der Waals surface area contributed by atoms with Crippen molar-refractivity contribution >= 4 is 111 Å². The van der Waals surface area contributed by atoms with E-state index in [4.69, 9.17) is 28.9 Å². The number of pyridine rings is 5. The van der Waals surface area contributed by atoms with Crippen molar-refractivity contribution < 1.29 is 18.9 Å². The molecule has 7 aromatic heterocycles. The van der Waals surface area contributed by atoms with Crippen LogP contribution in [-0.4, -0.2) is 48.3 Å². The van der Waals surface area contributed by atoms with Crippen molar-refractivity contribution in [2.24, 2.45) is 0 Å². The maximum atomic E-state index is 6.44. The Morgan fingerprint density at radius 2 is 0.791 bits per heavy atom. The number of hydrogen-bond acceptors (Lipinski definition) is 9. The lowest BCUT2D eigenvalue weighted by atomic mass is 10.1. The number of rotatable bonds is 8. The Balaban J connectivity index is 0.000000127.